The smallest absolute Gasteiger partial charge is 0.296 e. The van der Waals surface area contributed by atoms with Crippen molar-refractivity contribution in [3.05, 3.63) is 59.2 Å². The zero-order chi connectivity index (χ0) is 19.1. The monoisotopic (exact) mass is 370 g/mol. The highest BCUT2D eigenvalue weighted by Crippen LogP contribution is 2.41. The Labute approximate surface area is 151 Å². The van der Waals surface area contributed by atoms with Crippen molar-refractivity contribution in [1.29, 1.82) is 0 Å². The van der Waals surface area contributed by atoms with Gasteiger partial charge in [-0.1, -0.05) is 29.8 Å². The summed E-state index contributed by atoms with van der Waals surface area (Å²) in [5, 5.41) is 19.6. The number of phenolic OH excluding ortho intramolecular Hbond substituents is 1. The second-order valence-corrected chi connectivity index (χ2v) is 7.65. The molecule has 26 heavy (non-hydrogen) atoms. The molecule has 3 rings (SSSR count). The standard InChI is InChI=1S/C19H18N2O4S/c1-11-5-7-14-10-17(26(23,24)25)18(19(22)15(14)8-11)21-20-16-9-12(2)4-6-13(16)3/h4-10,22H,1-3H3,(H,23,24,25). The van der Waals surface area contributed by atoms with Gasteiger partial charge in [-0.25, -0.2) is 0 Å². The summed E-state index contributed by atoms with van der Waals surface area (Å²) in [6, 6.07) is 12.0. The number of hydrogen-bond donors (Lipinski definition) is 2. The molecule has 0 radical (unpaired) electrons. The first-order valence-electron chi connectivity index (χ1n) is 7.89. The fourth-order valence-corrected chi connectivity index (χ4v) is 3.34. The number of azo groups is 1. The highest BCUT2D eigenvalue weighted by atomic mass is 32.2. The molecule has 0 saturated heterocycles. The number of phenols is 1. The third-order valence-corrected chi connectivity index (χ3v) is 4.98. The van der Waals surface area contributed by atoms with Crippen molar-refractivity contribution < 1.29 is 18.1 Å². The first-order valence-corrected chi connectivity index (χ1v) is 9.33. The lowest BCUT2D eigenvalue weighted by atomic mass is 10.1. The maximum atomic E-state index is 11.8. The second-order valence-electron chi connectivity index (χ2n) is 6.26. The van der Waals surface area contributed by atoms with E-state index >= 15 is 0 Å². The van der Waals surface area contributed by atoms with Crippen LogP contribution in [-0.2, 0) is 10.1 Å². The van der Waals surface area contributed by atoms with Crippen LogP contribution in [0.15, 0.2) is 57.6 Å². The van der Waals surface area contributed by atoms with Gasteiger partial charge in [-0.15, -0.1) is 5.11 Å². The average molecular weight is 370 g/mol. The summed E-state index contributed by atoms with van der Waals surface area (Å²) >= 11 is 0. The summed E-state index contributed by atoms with van der Waals surface area (Å²) in [4.78, 5) is -0.486. The zero-order valence-corrected chi connectivity index (χ0v) is 15.4. The molecule has 0 atom stereocenters. The fourth-order valence-electron chi connectivity index (χ4n) is 2.68. The Morgan fingerprint density at radius 2 is 1.54 bits per heavy atom. The van der Waals surface area contributed by atoms with Gasteiger partial charge < -0.3 is 5.11 Å². The predicted octanol–water partition coefficient (Wildman–Crippen LogP) is 5.13. The van der Waals surface area contributed by atoms with Crippen molar-refractivity contribution in [2.75, 3.05) is 0 Å². The molecule has 0 amide bonds. The van der Waals surface area contributed by atoms with E-state index in [1.165, 1.54) is 6.07 Å². The van der Waals surface area contributed by atoms with E-state index in [0.717, 1.165) is 16.7 Å². The topological polar surface area (TPSA) is 99.3 Å². The van der Waals surface area contributed by atoms with Gasteiger partial charge in [0.15, 0.2) is 5.75 Å². The largest absolute Gasteiger partial charge is 0.505 e. The van der Waals surface area contributed by atoms with Gasteiger partial charge in [0.2, 0.25) is 0 Å². The molecule has 3 aromatic carbocycles. The Morgan fingerprint density at radius 1 is 0.885 bits per heavy atom. The number of nitrogens with zero attached hydrogens (tertiary/aromatic N) is 2. The molecule has 0 aliphatic rings. The van der Waals surface area contributed by atoms with Gasteiger partial charge in [-0.3, -0.25) is 4.55 Å². The Morgan fingerprint density at radius 3 is 2.23 bits per heavy atom. The van der Waals surface area contributed by atoms with Gasteiger partial charge in [-0.05, 0) is 55.5 Å². The summed E-state index contributed by atoms with van der Waals surface area (Å²) < 4.78 is 33.1. The van der Waals surface area contributed by atoms with Crippen LogP contribution in [0.25, 0.3) is 10.8 Å². The quantitative estimate of drug-likeness (QED) is 0.493. The van der Waals surface area contributed by atoms with Crippen molar-refractivity contribution in [3.8, 4) is 5.75 Å². The Kier molecular flexibility index (Phi) is 4.52. The predicted molar refractivity (Wildman–Crippen MR) is 100 cm³/mol. The third kappa shape index (κ3) is 3.44. The molecule has 0 heterocycles. The molecule has 7 heteroatoms. The van der Waals surface area contributed by atoms with Crippen LogP contribution in [0.4, 0.5) is 11.4 Å². The van der Waals surface area contributed by atoms with Crippen LogP contribution in [0.3, 0.4) is 0 Å². The molecule has 0 aliphatic heterocycles. The van der Waals surface area contributed by atoms with Crippen LogP contribution in [0.2, 0.25) is 0 Å². The number of aromatic hydroxyl groups is 1. The van der Waals surface area contributed by atoms with Crippen LogP contribution >= 0.6 is 0 Å². The lowest BCUT2D eigenvalue weighted by Crippen LogP contribution is -1.99. The second kappa shape index (κ2) is 6.51. The minimum Gasteiger partial charge on any atom is -0.505 e. The minimum atomic E-state index is -4.59. The molecule has 6 nitrogen and oxygen atoms in total. The number of rotatable bonds is 3. The maximum Gasteiger partial charge on any atom is 0.296 e. The highest BCUT2D eigenvalue weighted by Gasteiger charge is 2.22. The van der Waals surface area contributed by atoms with Gasteiger partial charge in [0.1, 0.15) is 10.6 Å². The van der Waals surface area contributed by atoms with Crippen molar-refractivity contribution in [1.82, 2.24) is 0 Å². The van der Waals surface area contributed by atoms with Crippen LogP contribution in [0.1, 0.15) is 16.7 Å². The Balaban J connectivity index is 2.27. The minimum absolute atomic E-state index is 0.286. The van der Waals surface area contributed by atoms with Crippen LogP contribution < -0.4 is 0 Å². The highest BCUT2D eigenvalue weighted by molar-refractivity contribution is 7.86. The summed E-state index contributed by atoms with van der Waals surface area (Å²) in [7, 11) is -4.59. The van der Waals surface area contributed by atoms with E-state index in [2.05, 4.69) is 10.2 Å². The Hall–Kier alpha value is -2.77. The molecule has 0 unspecified atom stereocenters. The molecule has 0 aliphatic carbocycles. The van der Waals surface area contributed by atoms with E-state index in [0.29, 0.717) is 16.5 Å². The van der Waals surface area contributed by atoms with E-state index in [4.69, 9.17) is 0 Å². The normalized spacial score (nSPS) is 12.2. The number of benzene rings is 3. The number of fused-ring (bicyclic) bond motifs is 1. The van der Waals surface area contributed by atoms with Crippen molar-refractivity contribution >= 4 is 32.3 Å². The van der Waals surface area contributed by atoms with E-state index < -0.39 is 15.0 Å². The van der Waals surface area contributed by atoms with E-state index in [-0.39, 0.29) is 11.4 Å². The van der Waals surface area contributed by atoms with Gasteiger partial charge in [0, 0.05) is 5.39 Å². The lowest BCUT2D eigenvalue weighted by molar-refractivity contribution is 0.472. The molecule has 0 aromatic heterocycles. The summed E-state index contributed by atoms with van der Waals surface area (Å²) in [6.45, 7) is 5.60. The molecule has 0 spiro atoms. The van der Waals surface area contributed by atoms with Crippen LogP contribution in [0, 0.1) is 20.8 Å². The molecule has 2 N–H and O–H groups in total. The SMILES string of the molecule is Cc1ccc(C)c(N=Nc2c(S(=O)(=O)O)cc3ccc(C)cc3c2O)c1. The third-order valence-electron chi connectivity index (χ3n) is 4.11. The fraction of sp³-hybridized carbons (Fsp3) is 0.158. The molecule has 3 aromatic rings. The molecular weight excluding hydrogens is 352 g/mol. The summed E-state index contributed by atoms with van der Waals surface area (Å²) in [5.74, 6) is -0.340. The summed E-state index contributed by atoms with van der Waals surface area (Å²) in [5.41, 5.74) is 2.98. The van der Waals surface area contributed by atoms with Gasteiger partial charge in [0.25, 0.3) is 10.1 Å². The first kappa shape index (κ1) is 18.0. The van der Waals surface area contributed by atoms with E-state index in [1.807, 2.05) is 32.9 Å². The molecular formula is C19H18N2O4S. The summed E-state index contributed by atoms with van der Waals surface area (Å²) in [6.07, 6.45) is 0. The van der Waals surface area contributed by atoms with Gasteiger partial charge in [-0.2, -0.15) is 13.5 Å². The van der Waals surface area contributed by atoms with Crippen molar-refractivity contribution in [3.63, 3.8) is 0 Å². The zero-order valence-electron chi connectivity index (χ0n) is 14.6. The van der Waals surface area contributed by atoms with Crippen LogP contribution in [0.5, 0.6) is 5.75 Å². The Bertz CT molecular complexity index is 1150. The average Bonchev–Trinajstić information content (AvgIpc) is 2.56. The molecule has 0 bridgehead atoms. The van der Waals surface area contributed by atoms with Gasteiger partial charge in [0.05, 0.1) is 5.69 Å². The molecule has 134 valence electrons. The molecule has 0 saturated carbocycles. The van der Waals surface area contributed by atoms with Crippen molar-refractivity contribution in [2.24, 2.45) is 10.2 Å². The van der Waals surface area contributed by atoms with E-state index in [1.54, 1.807) is 24.3 Å². The molecule has 0 fully saturated rings. The number of hydrogen-bond acceptors (Lipinski definition) is 5. The maximum absolute atomic E-state index is 11.8. The van der Waals surface area contributed by atoms with Crippen LogP contribution in [-0.4, -0.2) is 18.1 Å². The lowest BCUT2D eigenvalue weighted by Gasteiger charge is -2.09. The first-order chi connectivity index (χ1) is 12.2. The van der Waals surface area contributed by atoms with E-state index in [9.17, 15) is 18.1 Å². The number of aryl methyl sites for hydroxylation is 3. The van der Waals surface area contributed by atoms with Gasteiger partial charge >= 0.3 is 0 Å². The van der Waals surface area contributed by atoms with Crippen molar-refractivity contribution in [2.45, 2.75) is 25.7 Å².